The molecule has 3 aliphatic rings. The molecule has 2 aliphatic heterocycles. The molecule has 3 unspecified atom stereocenters. The van der Waals surface area contributed by atoms with Crippen LogP contribution in [0.5, 0.6) is 0 Å². The van der Waals surface area contributed by atoms with Crippen LogP contribution in [0, 0.1) is 5.92 Å². The summed E-state index contributed by atoms with van der Waals surface area (Å²) in [5, 5.41) is 9.40. The minimum atomic E-state index is -0.899. The highest BCUT2D eigenvalue weighted by molar-refractivity contribution is 8.00. The van der Waals surface area contributed by atoms with E-state index in [0.29, 0.717) is 18.2 Å². The van der Waals surface area contributed by atoms with Crippen molar-refractivity contribution in [3.63, 3.8) is 0 Å². The van der Waals surface area contributed by atoms with Gasteiger partial charge in [-0.2, -0.15) is 0 Å². The Hall–Kier alpha value is -0.950. The lowest BCUT2D eigenvalue weighted by atomic mass is 10.2. The first-order valence-electron chi connectivity index (χ1n) is 7.57. The first kappa shape index (κ1) is 15.0. The molecule has 2 saturated heterocycles. The predicted octanol–water partition coefficient (Wildman–Crippen LogP) is 1.46. The Morgan fingerprint density at radius 3 is 2.71 bits per heavy atom. The molecule has 3 fully saturated rings. The van der Waals surface area contributed by atoms with Gasteiger partial charge < -0.3 is 14.7 Å². The summed E-state index contributed by atoms with van der Waals surface area (Å²) in [4.78, 5) is 27.4. The van der Waals surface area contributed by atoms with Gasteiger partial charge in [-0.15, -0.1) is 11.8 Å². The van der Waals surface area contributed by atoms with Crippen LogP contribution in [0.2, 0.25) is 0 Å². The molecule has 118 valence electrons. The molecular weight excluding hydrogens is 292 g/mol. The fourth-order valence-corrected chi connectivity index (χ4v) is 4.70. The standard InChI is InChI=1S/C14H22N2O4S/c1-15(7-10-3-2-6-20-10)14(19)16-11(13(17)18)8-21-12(16)9-4-5-9/h9-12H,2-8H2,1H3,(H,17,18). The number of urea groups is 1. The lowest BCUT2D eigenvalue weighted by Crippen LogP contribution is -2.52. The van der Waals surface area contributed by atoms with Crippen LogP contribution in [0.25, 0.3) is 0 Å². The Labute approximate surface area is 128 Å². The fourth-order valence-electron chi connectivity index (χ4n) is 3.07. The maximum Gasteiger partial charge on any atom is 0.327 e. The predicted molar refractivity (Wildman–Crippen MR) is 79.2 cm³/mol. The highest BCUT2D eigenvalue weighted by Crippen LogP contribution is 2.45. The van der Waals surface area contributed by atoms with Gasteiger partial charge in [0.2, 0.25) is 0 Å². The van der Waals surface area contributed by atoms with Gasteiger partial charge in [0.15, 0.2) is 0 Å². The topological polar surface area (TPSA) is 70.1 Å². The Morgan fingerprint density at radius 1 is 1.38 bits per heavy atom. The van der Waals surface area contributed by atoms with Crippen LogP contribution in [0.1, 0.15) is 25.7 Å². The zero-order valence-electron chi connectivity index (χ0n) is 12.2. The van der Waals surface area contributed by atoms with E-state index >= 15 is 0 Å². The van der Waals surface area contributed by atoms with Crippen molar-refractivity contribution in [2.75, 3.05) is 26.0 Å². The second kappa shape index (κ2) is 6.04. The molecule has 0 aromatic carbocycles. The van der Waals surface area contributed by atoms with Crippen molar-refractivity contribution in [2.24, 2.45) is 5.92 Å². The summed E-state index contributed by atoms with van der Waals surface area (Å²) in [6.45, 7) is 1.30. The van der Waals surface area contributed by atoms with Crippen LogP contribution < -0.4 is 0 Å². The molecular formula is C14H22N2O4S. The van der Waals surface area contributed by atoms with Crippen LogP contribution in [-0.4, -0.2) is 70.4 Å². The molecule has 0 spiro atoms. The molecule has 3 rings (SSSR count). The molecule has 3 atom stereocenters. The van der Waals surface area contributed by atoms with Gasteiger partial charge in [-0.25, -0.2) is 9.59 Å². The number of carboxylic acid groups (broad SMARTS) is 1. The van der Waals surface area contributed by atoms with Crippen molar-refractivity contribution in [3.8, 4) is 0 Å². The number of hydrogen-bond acceptors (Lipinski definition) is 4. The second-order valence-corrected chi connectivity index (χ2v) is 7.27. The number of carbonyl (C=O) groups is 2. The van der Waals surface area contributed by atoms with E-state index in [1.54, 1.807) is 28.6 Å². The molecule has 0 radical (unpaired) electrons. The molecule has 1 aliphatic carbocycles. The minimum Gasteiger partial charge on any atom is -0.480 e. The lowest BCUT2D eigenvalue weighted by molar-refractivity contribution is -0.141. The smallest absolute Gasteiger partial charge is 0.327 e. The molecule has 6 nitrogen and oxygen atoms in total. The molecule has 1 N–H and O–H groups in total. The van der Waals surface area contributed by atoms with Gasteiger partial charge in [0.05, 0.1) is 11.5 Å². The summed E-state index contributed by atoms with van der Waals surface area (Å²) in [5.74, 6) is 0.0691. The van der Waals surface area contributed by atoms with E-state index in [2.05, 4.69) is 0 Å². The van der Waals surface area contributed by atoms with Crippen molar-refractivity contribution in [1.82, 2.24) is 9.80 Å². The summed E-state index contributed by atoms with van der Waals surface area (Å²) >= 11 is 1.61. The molecule has 7 heteroatoms. The molecule has 2 heterocycles. The van der Waals surface area contributed by atoms with Crippen molar-refractivity contribution in [2.45, 2.75) is 43.2 Å². The zero-order valence-corrected chi connectivity index (χ0v) is 13.1. The molecule has 0 aromatic heterocycles. The van der Waals surface area contributed by atoms with Gasteiger partial charge in [-0.1, -0.05) is 0 Å². The SMILES string of the molecule is CN(CC1CCCO1)C(=O)N1C(C(=O)O)CSC1C1CC1. The van der Waals surface area contributed by atoms with Crippen molar-refractivity contribution >= 4 is 23.8 Å². The van der Waals surface area contributed by atoms with Gasteiger partial charge in [0.25, 0.3) is 0 Å². The molecule has 0 bridgehead atoms. The Balaban J connectivity index is 1.67. The minimum absolute atomic E-state index is 0.0329. The monoisotopic (exact) mass is 314 g/mol. The average molecular weight is 314 g/mol. The first-order chi connectivity index (χ1) is 10.1. The number of thioether (sulfide) groups is 1. The Bertz CT molecular complexity index is 423. The summed E-state index contributed by atoms with van der Waals surface area (Å²) < 4.78 is 5.56. The van der Waals surface area contributed by atoms with Crippen LogP contribution in [-0.2, 0) is 9.53 Å². The molecule has 0 aromatic rings. The van der Waals surface area contributed by atoms with E-state index in [-0.39, 0.29) is 17.5 Å². The molecule has 2 amide bonds. The van der Waals surface area contributed by atoms with E-state index in [1.165, 1.54) is 0 Å². The third-order valence-corrected chi connectivity index (χ3v) is 5.86. The summed E-state index contributed by atoms with van der Waals surface area (Å²) in [7, 11) is 1.75. The number of ether oxygens (including phenoxy) is 1. The van der Waals surface area contributed by atoms with Crippen molar-refractivity contribution in [1.29, 1.82) is 0 Å². The summed E-state index contributed by atoms with van der Waals surface area (Å²) in [6, 6.07) is -0.861. The van der Waals surface area contributed by atoms with Crippen LogP contribution in [0.3, 0.4) is 0 Å². The maximum atomic E-state index is 12.7. The summed E-state index contributed by atoms with van der Waals surface area (Å²) in [6.07, 6.45) is 4.30. The second-order valence-electron chi connectivity index (χ2n) is 6.12. The normalized spacial score (nSPS) is 32.4. The van der Waals surface area contributed by atoms with Crippen molar-refractivity contribution < 1.29 is 19.4 Å². The number of carbonyl (C=O) groups excluding carboxylic acids is 1. The van der Waals surface area contributed by atoms with Gasteiger partial charge in [-0.05, 0) is 31.6 Å². The third kappa shape index (κ3) is 3.13. The Kier molecular flexibility index (Phi) is 4.31. The fraction of sp³-hybridized carbons (Fsp3) is 0.857. The summed E-state index contributed by atoms with van der Waals surface area (Å²) in [5.41, 5.74) is 0. The lowest BCUT2D eigenvalue weighted by Gasteiger charge is -2.32. The van der Waals surface area contributed by atoms with E-state index in [4.69, 9.17) is 4.74 Å². The number of aliphatic carboxylic acids is 1. The maximum absolute atomic E-state index is 12.7. The van der Waals surface area contributed by atoms with Gasteiger partial charge in [0.1, 0.15) is 6.04 Å². The van der Waals surface area contributed by atoms with E-state index in [1.807, 2.05) is 0 Å². The van der Waals surface area contributed by atoms with Gasteiger partial charge >= 0.3 is 12.0 Å². The number of rotatable bonds is 4. The highest BCUT2D eigenvalue weighted by atomic mass is 32.2. The van der Waals surface area contributed by atoms with Gasteiger partial charge in [-0.3, -0.25) is 4.90 Å². The van der Waals surface area contributed by atoms with Crippen LogP contribution in [0.15, 0.2) is 0 Å². The van der Waals surface area contributed by atoms with E-state index in [0.717, 1.165) is 32.3 Å². The number of nitrogens with zero attached hydrogens (tertiary/aromatic N) is 2. The molecule has 21 heavy (non-hydrogen) atoms. The first-order valence-corrected chi connectivity index (χ1v) is 8.62. The van der Waals surface area contributed by atoms with Gasteiger partial charge in [0, 0.05) is 26.0 Å². The Morgan fingerprint density at radius 2 is 2.14 bits per heavy atom. The largest absolute Gasteiger partial charge is 0.480 e. The number of carboxylic acids is 1. The number of hydrogen-bond donors (Lipinski definition) is 1. The van der Waals surface area contributed by atoms with Crippen molar-refractivity contribution in [3.05, 3.63) is 0 Å². The van der Waals surface area contributed by atoms with Crippen LogP contribution >= 0.6 is 11.8 Å². The van der Waals surface area contributed by atoms with E-state index in [9.17, 15) is 14.7 Å². The zero-order chi connectivity index (χ0) is 15.0. The molecule has 1 saturated carbocycles. The van der Waals surface area contributed by atoms with E-state index < -0.39 is 12.0 Å². The highest BCUT2D eigenvalue weighted by Gasteiger charge is 2.48. The third-order valence-electron chi connectivity index (χ3n) is 4.39. The quantitative estimate of drug-likeness (QED) is 0.850. The van der Waals surface area contributed by atoms with Crippen LogP contribution in [0.4, 0.5) is 4.79 Å². The number of likely N-dealkylation sites (N-methyl/N-ethyl adjacent to an activating group) is 1. The number of amides is 2. The average Bonchev–Trinajstić information content (AvgIpc) is 3.00.